The molecule has 0 saturated heterocycles. The minimum atomic E-state index is -4.09. The van der Waals surface area contributed by atoms with Crippen LogP contribution in [0.25, 0.3) is 0 Å². The van der Waals surface area contributed by atoms with Crippen LogP contribution in [0, 0.1) is 0 Å². The minimum absolute atomic E-state index is 0.114. The maximum Gasteiger partial charge on any atom is 0.338 e. The van der Waals surface area contributed by atoms with Gasteiger partial charge in [0.1, 0.15) is 5.75 Å². The summed E-state index contributed by atoms with van der Waals surface area (Å²) in [4.78, 5) is 22.0. The van der Waals surface area contributed by atoms with Crippen molar-refractivity contribution >= 4 is 44.9 Å². The number of hydrogen-bond acceptors (Lipinski definition) is 4. The van der Waals surface area contributed by atoms with Gasteiger partial charge in [-0.25, -0.2) is 13.2 Å². The Kier molecular flexibility index (Phi) is 5.77. The van der Waals surface area contributed by atoms with Crippen LogP contribution in [0.4, 0.5) is 0 Å². The molecule has 2 N–H and O–H groups in total. The summed E-state index contributed by atoms with van der Waals surface area (Å²) in [5.74, 6) is -3.07. The van der Waals surface area contributed by atoms with Crippen molar-refractivity contribution in [2.45, 2.75) is 4.90 Å². The SMILES string of the molecule is C=CCNC(=O)CS(=O)(=O)c1ccc(Cl)c(C(=O)O)c1Cl. The van der Waals surface area contributed by atoms with E-state index in [0.717, 1.165) is 12.1 Å². The largest absolute Gasteiger partial charge is 0.478 e. The van der Waals surface area contributed by atoms with Crippen molar-refractivity contribution in [3.05, 3.63) is 40.4 Å². The number of sulfone groups is 1. The molecule has 0 atom stereocenters. The number of halogens is 2. The third kappa shape index (κ3) is 4.20. The van der Waals surface area contributed by atoms with E-state index in [0.29, 0.717) is 0 Å². The van der Waals surface area contributed by atoms with Gasteiger partial charge in [-0.2, -0.15) is 0 Å². The fourth-order valence-electron chi connectivity index (χ4n) is 1.46. The predicted octanol–water partition coefficient (Wildman–Crippen LogP) is 1.77. The molecular weight excluding hydrogens is 341 g/mol. The molecule has 0 bridgehead atoms. The van der Waals surface area contributed by atoms with Crippen molar-refractivity contribution in [3.63, 3.8) is 0 Å². The summed E-state index contributed by atoms with van der Waals surface area (Å²) in [5.41, 5.74) is -0.522. The van der Waals surface area contributed by atoms with Crippen molar-refractivity contribution < 1.29 is 23.1 Å². The van der Waals surface area contributed by atoms with Crippen LogP contribution in [-0.4, -0.2) is 37.7 Å². The second-order valence-electron chi connectivity index (χ2n) is 3.89. The van der Waals surface area contributed by atoms with Crippen LogP contribution in [0.5, 0.6) is 0 Å². The summed E-state index contributed by atoms with van der Waals surface area (Å²) < 4.78 is 24.2. The van der Waals surface area contributed by atoms with Crippen LogP contribution in [0.1, 0.15) is 10.4 Å². The molecule has 0 radical (unpaired) electrons. The lowest BCUT2D eigenvalue weighted by Crippen LogP contribution is -2.30. The molecule has 0 spiro atoms. The fourth-order valence-corrected chi connectivity index (χ4v) is 3.60. The van der Waals surface area contributed by atoms with Gasteiger partial charge in [-0.1, -0.05) is 29.3 Å². The minimum Gasteiger partial charge on any atom is -0.478 e. The maximum absolute atomic E-state index is 12.1. The molecule has 6 nitrogen and oxygen atoms in total. The molecule has 9 heteroatoms. The molecule has 0 aliphatic rings. The molecule has 0 aromatic heterocycles. The van der Waals surface area contributed by atoms with Crippen molar-refractivity contribution in [1.29, 1.82) is 0 Å². The first-order chi connectivity index (χ1) is 9.70. The van der Waals surface area contributed by atoms with Crippen LogP contribution in [0.2, 0.25) is 10.0 Å². The summed E-state index contributed by atoms with van der Waals surface area (Å²) in [6.45, 7) is 3.49. The summed E-state index contributed by atoms with van der Waals surface area (Å²) >= 11 is 11.5. The molecular formula is C12H11Cl2NO5S. The van der Waals surface area contributed by atoms with Gasteiger partial charge in [0.15, 0.2) is 9.84 Å². The molecule has 1 rings (SSSR count). The molecule has 1 amide bonds. The Hall–Kier alpha value is -1.57. The van der Waals surface area contributed by atoms with E-state index in [2.05, 4.69) is 11.9 Å². The Bertz CT molecular complexity index is 700. The molecule has 1 aromatic rings. The summed E-state index contributed by atoms with van der Waals surface area (Å²) in [6.07, 6.45) is 1.39. The normalized spacial score (nSPS) is 11.0. The highest BCUT2D eigenvalue weighted by atomic mass is 35.5. The van der Waals surface area contributed by atoms with Gasteiger partial charge < -0.3 is 10.4 Å². The van der Waals surface area contributed by atoms with Crippen LogP contribution in [0.3, 0.4) is 0 Å². The molecule has 0 heterocycles. The van der Waals surface area contributed by atoms with Gasteiger partial charge in [0.05, 0.1) is 20.5 Å². The predicted molar refractivity (Wildman–Crippen MR) is 78.7 cm³/mol. The number of hydrogen-bond donors (Lipinski definition) is 2. The number of aromatic carboxylic acids is 1. The molecule has 0 saturated carbocycles. The van der Waals surface area contributed by atoms with E-state index in [9.17, 15) is 18.0 Å². The molecule has 0 aliphatic heterocycles. The molecule has 1 aromatic carbocycles. The van der Waals surface area contributed by atoms with Gasteiger partial charge in [0, 0.05) is 6.54 Å². The third-order valence-electron chi connectivity index (χ3n) is 2.37. The van der Waals surface area contributed by atoms with Gasteiger partial charge in [0.25, 0.3) is 0 Å². The van der Waals surface area contributed by atoms with Gasteiger partial charge >= 0.3 is 5.97 Å². The summed E-state index contributed by atoms with van der Waals surface area (Å²) in [5, 5.41) is 10.6. The highest BCUT2D eigenvalue weighted by Crippen LogP contribution is 2.31. The van der Waals surface area contributed by atoms with Crippen molar-refractivity contribution in [3.8, 4) is 0 Å². The average Bonchev–Trinajstić information content (AvgIpc) is 2.34. The van der Waals surface area contributed by atoms with Gasteiger partial charge in [-0.3, -0.25) is 4.79 Å². The number of carbonyl (C=O) groups is 2. The van der Waals surface area contributed by atoms with Crippen LogP contribution < -0.4 is 5.32 Å². The van der Waals surface area contributed by atoms with Crippen molar-refractivity contribution in [2.24, 2.45) is 0 Å². The number of benzene rings is 1. The Morgan fingerprint density at radius 2 is 1.95 bits per heavy atom. The molecule has 0 fully saturated rings. The van der Waals surface area contributed by atoms with Gasteiger partial charge in [0.2, 0.25) is 5.91 Å². The van der Waals surface area contributed by atoms with Crippen LogP contribution in [0.15, 0.2) is 29.7 Å². The first-order valence-electron chi connectivity index (χ1n) is 5.52. The molecule has 21 heavy (non-hydrogen) atoms. The van der Waals surface area contributed by atoms with Crippen molar-refractivity contribution in [2.75, 3.05) is 12.3 Å². The Morgan fingerprint density at radius 1 is 1.33 bits per heavy atom. The summed E-state index contributed by atoms with van der Waals surface area (Å²) in [6, 6.07) is 2.17. The number of rotatable bonds is 6. The quantitative estimate of drug-likeness (QED) is 0.760. The highest BCUT2D eigenvalue weighted by Gasteiger charge is 2.26. The zero-order chi connectivity index (χ0) is 16.2. The first kappa shape index (κ1) is 17.5. The van der Waals surface area contributed by atoms with E-state index in [-0.39, 0.29) is 11.6 Å². The zero-order valence-corrected chi connectivity index (χ0v) is 12.9. The second-order valence-corrected chi connectivity index (χ2v) is 6.63. The monoisotopic (exact) mass is 351 g/mol. The topological polar surface area (TPSA) is 101 Å². The lowest BCUT2D eigenvalue weighted by molar-refractivity contribution is -0.118. The fraction of sp³-hybridized carbons (Fsp3) is 0.167. The second kappa shape index (κ2) is 6.93. The molecule has 114 valence electrons. The Balaban J connectivity index is 3.21. The third-order valence-corrected chi connectivity index (χ3v) is 4.84. The van der Waals surface area contributed by atoms with E-state index in [1.165, 1.54) is 6.08 Å². The average molecular weight is 352 g/mol. The smallest absolute Gasteiger partial charge is 0.338 e. The molecule has 0 unspecified atom stereocenters. The number of carboxylic acid groups (broad SMARTS) is 1. The number of amides is 1. The van der Waals surface area contributed by atoms with Crippen LogP contribution in [-0.2, 0) is 14.6 Å². The van der Waals surface area contributed by atoms with E-state index in [1.54, 1.807) is 0 Å². The maximum atomic E-state index is 12.1. The van der Waals surface area contributed by atoms with E-state index >= 15 is 0 Å². The Morgan fingerprint density at radius 3 is 2.48 bits per heavy atom. The standard InChI is InChI=1S/C12H11Cl2NO5S/c1-2-5-15-9(16)6-21(19,20)8-4-3-7(13)10(11(8)14)12(17)18/h2-4H,1,5-6H2,(H,15,16)(H,17,18). The number of carbonyl (C=O) groups excluding carboxylic acids is 1. The zero-order valence-electron chi connectivity index (χ0n) is 10.6. The molecule has 0 aliphatic carbocycles. The number of carboxylic acids is 1. The van der Waals surface area contributed by atoms with Gasteiger partial charge in [-0.15, -0.1) is 6.58 Å². The van der Waals surface area contributed by atoms with E-state index in [1.807, 2.05) is 0 Å². The van der Waals surface area contributed by atoms with Crippen LogP contribution >= 0.6 is 23.2 Å². The highest BCUT2D eigenvalue weighted by molar-refractivity contribution is 7.92. The number of nitrogens with one attached hydrogen (secondary N) is 1. The lowest BCUT2D eigenvalue weighted by Gasteiger charge is -2.09. The lowest BCUT2D eigenvalue weighted by atomic mass is 10.2. The summed E-state index contributed by atoms with van der Waals surface area (Å²) in [7, 11) is -4.09. The van der Waals surface area contributed by atoms with E-state index < -0.39 is 42.9 Å². The van der Waals surface area contributed by atoms with Gasteiger partial charge in [-0.05, 0) is 12.1 Å². The van der Waals surface area contributed by atoms with Crippen molar-refractivity contribution in [1.82, 2.24) is 5.32 Å². The first-order valence-corrected chi connectivity index (χ1v) is 7.93. The Labute approximate surface area is 131 Å². The van der Waals surface area contributed by atoms with E-state index in [4.69, 9.17) is 28.3 Å².